The van der Waals surface area contributed by atoms with Gasteiger partial charge < -0.3 is 10.1 Å². The van der Waals surface area contributed by atoms with E-state index in [-0.39, 0.29) is 6.04 Å². The Morgan fingerprint density at radius 3 is 2.85 bits per heavy atom. The van der Waals surface area contributed by atoms with Crippen LogP contribution < -0.4 is 10.1 Å². The summed E-state index contributed by atoms with van der Waals surface area (Å²) in [6.45, 7) is 2.87. The second-order valence-electron chi connectivity index (χ2n) is 4.28. The lowest BCUT2D eigenvalue weighted by Crippen LogP contribution is -2.23. The van der Waals surface area contributed by atoms with Gasteiger partial charge in [-0.3, -0.25) is 4.98 Å². The molecule has 0 radical (unpaired) electrons. The molecule has 106 valence electrons. The largest absolute Gasteiger partial charge is 0.495 e. The van der Waals surface area contributed by atoms with Crippen LogP contribution in [0.3, 0.4) is 0 Å². The highest BCUT2D eigenvalue weighted by Gasteiger charge is 2.19. The van der Waals surface area contributed by atoms with E-state index < -0.39 is 0 Å². The predicted octanol–water partition coefficient (Wildman–Crippen LogP) is 4.21. The number of halogens is 2. The van der Waals surface area contributed by atoms with Crippen LogP contribution >= 0.6 is 27.5 Å². The highest BCUT2D eigenvalue weighted by Crippen LogP contribution is 2.31. The fraction of sp³-hybridized carbons (Fsp3) is 0.267. The molecule has 0 amide bonds. The highest BCUT2D eigenvalue weighted by atomic mass is 79.9. The number of nitrogens with one attached hydrogen (secondary N) is 1. The number of hydrogen-bond acceptors (Lipinski definition) is 3. The third-order valence-electron chi connectivity index (χ3n) is 2.92. The Kier molecular flexibility index (Phi) is 5.40. The van der Waals surface area contributed by atoms with E-state index in [1.165, 1.54) is 0 Å². The summed E-state index contributed by atoms with van der Waals surface area (Å²) in [4.78, 5) is 4.46. The summed E-state index contributed by atoms with van der Waals surface area (Å²) in [5.74, 6) is 0.759. The second-order valence-corrected chi connectivity index (χ2v) is 5.64. The van der Waals surface area contributed by atoms with Crippen LogP contribution in [0.4, 0.5) is 0 Å². The van der Waals surface area contributed by atoms with Gasteiger partial charge in [0.05, 0.1) is 13.2 Å². The Balaban J connectivity index is 2.50. The van der Waals surface area contributed by atoms with Crippen molar-refractivity contribution in [3.63, 3.8) is 0 Å². The molecule has 1 unspecified atom stereocenters. The van der Waals surface area contributed by atoms with Crippen LogP contribution in [0.25, 0.3) is 0 Å². The summed E-state index contributed by atoms with van der Waals surface area (Å²) in [6.07, 6.45) is 1.77. The molecule has 1 atom stereocenters. The van der Waals surface area contributed by atoms with Crippen LogP contribution in [0.15, 0.2) is 41.0 Å². The van der Waals surface area contributed by atoms with E-state index in [2.05, 4.69) is 33.2 Å². The number of hydrogen-bond donors (Lipinski definition) is 1. The fourth-order valence-electron chi connectivity index (χ4n) is 2.11. The first kappa shape index (κ1) is 15.3. The van der Waals surface area contributed by atoms with Crippen molar-refractivity contribution in [2.24, 2.45) is 0 Å². The van der Waals surface area contributed by atoms with Crippen molar-refractivity contribution in [3.05, 3.63) is 57.3 Å². The van der Waals surface area contributed by atoms with Crippen LogP contribution in [-0.2, 0) is 0 Å². The van der Waals surface area contributed by atoms with Crippen LogP contribution in [0, 0.1) is 0 Å². The van der Waals surface area contributed by atoms with Crippen LogP contribution in [0.2, 0.25) is 5.02 Å². The second kappa shape index (κ2) is 7.07. The van der Waals surface area contributed by atoms with Crippen molar-refractivity contribution in [3.8, 4) is 5.75 Å². The highest BCUT2D eigenvalue weighted by molar-refractivity contribution is 9.10. The molecule has 2 aromatic rings. The van der Waals surface area contributed by atoms with Crippen molar-refractivity contribution in [1.82, 2.24) is 10.3 Å². The average Bonchev–Trinajstić information content (AvgIpc) is 2.43. The number of nitrogens with zero attached hydrogens (tertiary/aromatic N) is 1. The van der Waals surface area contributed by atoms with Gasteiger partial charge in [-0.2, -0.15) is 0 Å². The predicted molar refractivity (Wildman–Crippen MR) is 85.5 cm³/mol. The Labute approximate surface area is 132 Å². The van der Waals surface area contributed by atoms with Gasteiger partial charge in [-0.15, -0.1) is 0 Å². The molecule has 5 heteroatoms. The molecule has 1 aromatic carbocycles. The average molecular weight is 356 g/mol. The van der Waals surface area contributed by atoms with Crippen molar-refractivity contribution >= 4 is 27.5 Å². The van der Waals surface area contributed by atoms with Gasteiger partial charge in [0.1, 0.15) is 11.4 Å². The maximum absolute atomic E-state index is 6.15. The van der Waals surface area contributed by atoms with Gasteiger partial charge in [0.15, 0.2) is 0 Å². The minimum atomic E-state index is -0.0638. The van der Waals surface area contributed by atoms with E-state index in [4.69, 9.17) is 16.3 Å². The van der Waals surface area contributed by atoms with E-state index in [9.17, 15) is 0 Å². The zero-order valence-electron chi connectivity index (χ0n) is 11.4. The minimum Gasteiger partial charge on any atom is -0.495 e. The molecule has 2 rings (SSSR count). The lowest BCUT2D eigenvalue weighted by Gasteiger charge is -2.20. The van der Waals surface area contributed by atoms with E-state index in [1.54, 1.807) is 13.3 Å². The molecular formula is C15H16BrClN2O. The summed E-state index contributed by atoms with van der Waals surface area (Å²) >= 11 is 9.62. The summed E-state index contributed by atoms with van der Waals surface area (Å²) in [7, 11) is 1.65. The Bertz CT molecular complexity index is 572. The topological polar surface area (TPSA) is 34.2 Å². The number of rotatable bonds is 5. The maximum atomic E-state index is 6.15. The first-order valence-corrected chi connectivity index (χ1v) is 7.51. The number of benzene rings is 1. The van der Waals surface area contributed by atoms with E-state index >= 15 is 0 Å². The van der Waals surface area contributed by atoms with Gasteiger partial charge in [0.2, 0.25) is 0 Å². The van der Waals surface area contributed by atoms with E-state index in [0.717, 1.165) is 28.0 Å². The molecule has 1 aromatic heterocycles. The Morgan fingerprint density at radius 1 is 1.40 bits per heavy atom. The number of aromatic nitrogens is 1. The maximum Gasteiger partial charge on any atom is 0.142 e. The molecule has 0 saturated heterocycles. The molecule has 0 spiro atoms. The molecule has 0 aliphatic carbocycles. The van der Waals surface area contributed by atoms with Crippen molar-refractivity contribution in [1.29, 1.82) is 0 Å². The normalized spacial score (nSPS) is 12.2. The molecule has 0 aliphatic rings. The van der Waals surface area contributed by atoms with Gasteiger partial charge in [-0.1, -0.05) is 34.5 Å². The monoisotopic (exact) mass is 354 g/mol. The van der Waals surface area contributed by atoms with Crippen molar-refractivity contribution in [2.75, 3.05) is 13.7 Å². The van der Waals surface area contributed by atoms with Crippen molar-refractivity contribution < 1.29 is 4.74 Å². The molecular weight excluding hydrogens is 340 g/mol. The van der Waals surface area contributed by atoms with Crippen LogP contribution in [0.5, 0.6) is 5.75 Å². The summed E-state index contributed by atoms with van der Waals surface area (Å²) in [5, 5.41) is 4.11. The lowest BCUT2D eigenvalue weighted by molar-refractivity contribution is 0.400. The molecule has 1 heterocycles. The number of ether oxygens (including phenoxy) is 1. The molecule has 0 aliphatic heterocycles. The third-order valence-corrected chi connectivity index (χ3v) is 3.60. The smallest absolute Gasteiger partial charge is 0.142 e. The van der Waals surface area contributed by atoms with Crippen LogP contribution in [0.1, 0.15) is 24.2 Å². The van der Waals surface area contributed by atoms with Gasteiger partial charge in [-0.05, 0) is 42.4 Å². The van der Waals surface area contributed by atoms with Crippen molar-refractivity contribution in [2.45, 2.75) is 13.0 Å². The summed E-state index contributed by atoms with van der Waals surface area (Å²) < 4.78 is 6.35. The molecule has 0 bridgehead atoms. The molecule has 0 saturated carbocycles. The van der Waals surface area contributed by atoms with Crippen LogP contribution in [-0.4, -0.2) is 18.6 Å². The number of pyridine rings is 1. The SMILES string of the molecule is CCNC(c1cc(Cl)cc(Br)c1)c1ncccc1OC. The molecule has 3 nitrogen and oxygen atoms in total. The standard InChI is InChI=1S/C15H16BrClN2O/c1-3-18-14(10-7-11(16)9-12(17)8-10)15-13(20-2)5-4-6-19-15/h4-9,14,18H,3H2,1-2H3. The quantitative estimate of drug-likeness (QED) is 0.872. The molecule has 0 fully saturated rings. The Hall–Kier alpha value is -1.10. The van der Waals surface area contributed by atoms with Gasteiger partial charge in [0, 0.05) is 15.7 Å². The Morgan fingerprint density at radius 2 is 2.20 bits per heavy atom. The van der Waals surface area contributed by atoms with E-state index in [0.29, 0.717) is 5.02 Å². The molecule has 1 N–H and O–H groups in total. The first-order chi connectivity index (χ1) is 9.65. The zero-order chi connectivity index (χ0) is 14.5. The third kappa shape index (κ3) is 3.51. The minimum absolute atomic E-state index is 0.0638. The van der Waals surface area contributed by atoms with E-state index in [1.807, 2.05) is 30.3 Å². The summed E-state index contributed by atoms with van der Waals surface area (Å²) in [5.41, 5.74) is 1.90. The lowest BCUT2D eigenvalue weighted by atomic mass is 10.0. The zero-order valence-corrected chi connectivity index (χ0v) is 13.7. The number of methoxy groups -OCH3 is 1. The van der Waals surface area contributed by atoms with Gasteiger partial charge >= 0.3 is 0 Å². The van der Waals surface area contributed by atoms with Gasteiger partial charge in [-0.25, -0.2) is 0 Å². The summed E-state index contributed by atoms with van der Waals surface area (Å²) in [6, 6.07) is 9.54. The molecule has 20 heavy (non-hydrogen) atoms. The first-order valence-electron chi connectivity index (χ1n) is 6.34. The van der Waals surface area contributed by atoms with Gasteiger partial charge in [0.25, 0.3) is 0 Å². The fourth-order valence-corrected chi connectivity index (χ4v) is 3.00.